The number of hydrogen-bond acceptors (Lipinski definition) is 3. The standard InChI is InChI=1S/C22H22BrN3O2/c1-15-19(20(23)16(2)26(15)18-12-8-5-9-13-18)14-24-25-22(27)21(28-3)17-10-6-4-7-11-17/h4-14,21H,1-3H3,(H,25,27)/b24-14-/t21-/m1/s1. The number of nitrogens with one attached hydrogen (secondary N) is 1. The topological polar surface area (TPSA) is 55.6 Å². The molecular weight excluding hydrogens is 418 g/mol. The van der Waals surface area contributed by atoms with Crippen LogP contribution in [0.3, 0.4) is 0 Å². The van der Waals surface area contributed by atoms with Crippen LogP contribution >= 0.6 is 15.9 Å². The number of rotatable bonds is 6. The summed E-state index contributed by atoms with van der Waals surface area (Å²) < 4.78 is 8.42. The molecule has 1 N–H and O–H groups in total. The molecule has 6 heteroatoms. The molecular formula is C22H22BrN3O2. The third-order valence-electron chi connectivity index (χ3n) is 4.57. The third-order valence-corrected chi connectivity index (χ3v) is 5.57. The molecule has 1 amide bonds. The van der Waals surface area contributed by atoms with Crippen molar-refractivity contribution in [1.82, 2.24) is 9.99 Å². The Morgan fingerprint density at radius 2 is 1.68 bits per heavy atom. The number of amides is 1. The van der Waals surface area contributed by atoms with E-state index in [9.17, 15) is 4.79 Å². The number of methoxy groups -OCH3 is 1. The number of nitrogens with zero attached hydrogens (tertiary/aromatic N) is 2. The van der Waals surface area contributed by atoms with E-state index in [1.165, 1.54) is 7.11 Å². The Labute approximate surface area is 173 Å². The van der Waals surface area contributed by atoms with Crippen molar-refractivity contribution < 1.29 is 9.53 Å². The van der Waals surface area contributed by atoms with Crippen LogP contribution < -0.4 is 5.43 Å². The van der Waals surface area contributed by atoms with Gasteiger partial charge >= 0.3 is 0 Å². The molecule has 0 saturated carbocycles. The highest BCUT2D eigenvalue weighted by Crippen LogP contribution is 2.29. The minimum atomic E-state index is -0.710. The van der Waals surface area contributed by atoms with E-state index in [1.807, 2.05) is 62.4 Å². The first-order valence-electron chi connectivity index (χ1n) is 8.88. The lowest BCUT2D eigenvalue weighted by molar-refractivity contribution is -0.131. The minimum Gasteiger partial charge on any atom is -0.367 e. The fraction of sp³-hybridized carbons (Fsp3) is 0.182. The van der Waals surface area contributed by atoms with E-state index in [-0.39, 0.29) is 5.91 Å². The van der Waals surface area contributed by atoms with Crippen molar-refractivity contribution in [2.75, 3.05) is 7.11 Å². The van der Waals surface area contributed by atoms with Crippen molar-refractivity contribution >= 4 is 28.1 Å². The van der Waals surface area contributed by atoms with E-state index in [4.69, 9.17) is 4.74 Å². The Morgan fingerprint density at radius 3 is 2.29 bits per heavy atom. The Balaban J connectivity index is 1.80. The van der Waals surface area contributed by atoms with Crippen LogP contribution in [0.4, 0.5) is 0 Å². The van der Waals surface area contributed by atoms with E-state index < -0.39 is 6.10 Å². The van der Waals surface area contributed by atoms with Gasteiger partial charge in [-0.25, -0.2) is 5.43 Å². The molecule has 0 aliphatic rings. The first-order chi connectivity index (χ1) is 13.5. The number of benzene rings is 2. The Hall–Kier alpha value is -2.70. The van der Waals surface area contributed by atoms with Crippen molar-refractivity contribution in [3.63, 3.8) is 0 Å². The van der Waals surface area contributed by atoms with Gasteiger partial charge in [0.2, 0.25) is 0 Å². The zero-order valence-corrected chi connectivity index (χ0v) is 17.6. The van der Waals surface area contributed by atoms with Crippen molar-refractivity contribution in [3.05, 3.63) is 87.7 Å². The van der Waals surface area contributed by atoms with Gasteiger partial charge in [-0.1, -0.05) is 48.5 Å². The van der Waals surface area contributed by atoms with Gasteiger partial charge in [0.15, 0.2) is 6.10 Å². The lowest BCUT2D eigenvalue weighted by Gasteiger charge is -2.13. The van der Waals surface area contributed by atoms with Crippen LogP contribution in [0.5, 0.6) is 0 Å². The van der Waals surface area contributed by atoms with Gasteiger partial charge in [0.1, 0.15) is 0 Å². The van der Waals surface area contributed by atoms with E-state index in [0.717, 1.165) is 32.7 Å². The molecule has 0 fully saturated rings. The number of hydrazone groups is 1. The molecule has 0 radical (unpaired) electrons. The summed E-state index contributed by atoms with van der Waals surface area (Å²) in [7, 11) is 1.50. The van der Waals surface area contributed by atoms with Crippen molar-refractivity contribution in [2.24, 2.45) is 5.10 Å². The van der Waals surface area contributed by atoms with Crippen LogP contribution in [0, 0.1) is 13.8 Å². The maximum absolute atomic E-state index is 12.5. The quantitative estimate of drug-likeness (QED) is 0.447. The maximum atomic E-state index is 12.5. The Bertz CT molecular complexity index is 982. The monoisotopic (exact) mass is 439 g/mol. The summed E-state index contributed by atoms with van der Waals surface area (Å²) in [6.45, 7) is 4.06. The molecule has 1 heterocycles. The molecule has 0 spiro atoms. The highest BCUT2D eigenvalue weighted by Gasteiger charge is 2.20. The predicted molar refractivity (Wildman–Crippen MR) is 115 cm³/mol. The highest BCUT2D eigenvalue weighted by molar-refractivity contribution is 9.10. The van der Waals surface area contributed by atoms with E-state index in [0.29, 0.717) is 0 Å². The second-order valence-corrected chi connectivity index (χ2v) is 7.12. The Kier molecular flexibility index (Phi) is 6.44. The lowest BCUT2D eigenvalue weighted by Crippen LogP contribution is -2.26. The fourth-order valence-corrected chi connectivity index (χ4v) is 3.75. The Morgan fingerprint density at radius 1 is 1.07 bits per heavy atom. The second-order valence-electron chi connectivity index (χ2n) is 6.33. The van der Waals surface area contributed by atoms with Crippen molar-refractivity contribution in [2.45, 2.75) is 20.0 Å². The highest BCUT2D eigenvalue weighted by atomic mass is 79.9. The molecule has 5 nitrogen and oxygen atoms in total. The molecule has 1 atom stereocenters. The smallest absolute Gasteiger partial charge is 0.273 e. The predicted octanol–water partition coefficient (Wildman–Crippen LogP) is 4.69. The molecule has 0 bridgehead atoms. The van der Waals surface area contributed by atoms with E-state index >= 15 is 0 Å². The number of hydrogen-bond donors (Lipinski definition) is 1. The summed E-state index contributed by atoms with van der Waals surface area (Å²) in [5.74, 6) is -0.321. The molecule has 0 aliphatic carbocycles. The molecule has 144 valence electrons. The largest absolute Gasteiger partial charge is 0.367 e. The van der Waals surface area contributed by atoms with Gasteiger partial charge in [-0.2, -0.15) is 5.10 Å². The van der Waals surface area contributed by atoms with Gasteiger partial charge in [0.05, 0.1) is 6.21 Å². The number of para-hydroxylation sites is 1. The molecule has 1 aromatic heterocycles. The number of carbonyl (C=O) groups is 1. The zero-order valence-electron chi connectivity index (χ0n) is 16.0. The normalized spacial score (nSPS) is 12.3. The van der Waals surface area contributed by atoms with E-state index in [2.05, 4.69) is 43.2 Å². The summed E-state index contributed by atoms with van der Waals surface area (Å²) in [4.78, 5) is 12.5. The van der Waals surface area contributed by atoms with Gasteiger partial charge < -0.3 is 9.30 Å². The third kappa shape index (κ3) is 4.08. The average Bonchev–Trinajstić information content (AvgIpc) is 2.93. The van der Waals surface area contributed by atoms with Crippen LogP contribution in [-0.2, 0) is 9.53 Å². The zero-order chi connectivity index (χ0) is 20.1. The molecule has 0 unspecified atom stereocenters. The molecule has 3 aromatic rings. The first-order valence-corrected chi connectivity index (χ1v) is 9.67. The number of aromatic nitrogens is 1. The van der Waals surface area contributed by atoms with Crippen LogP contribution in [0.15, 0.2) is 70.2 Å². The molecule has 0 saturated heterocycles. The fourth-order valence-electron chi connectivity index (χ4n) is 3.18. The van der Waals surface area contributed by atoms with Crippen LogP contribution in [0.2, 0.25) is 0 Å². The van der Waals surface area contributed by atoms with E-state index in [1.54, 1.807) is 6.21 Å². The lowest BCUT2D eigenvalue weighted by atomic mass is 10.1. The van der Waals surface area contributed by atoms with Crippen LogP contribution in [-0.4, -0.2) is 23.8 Å². The minimum absolute atomic E-state index is 0.321. The van der Waals surface area contributed by atoms with Gasteiger partial charge in [-0.3, -0.25) is 4.79 Å². The molecule has 28 heavy (non-hydrogen) atoms. The average molecular weight is 440 g/mol. The summed E-state index contributed by atoms with van der Waals surface area (Å²) >= 11 is 3.65. The summed E-state index contributed by atoms with van der Waals surface area (Å²) in [5.41, 5.74) is 7.44. The van der Waals surface area contributed by atoms with Crippen LogP contribution in [0.25, 0.3) is 5.69 Å². The number of carbonyl (C=O) groups excluding carboxylic acids is 1. The number of ether oxygens (including phenoxy) is 1. The maximum Gasteiger partial charge on any atom is 0.273 e. The van der Waals surface area contributed by atoms with Gasteiger partial charge in [0.25, 0.3) is 5.91 Å². The summed E-state index contributed by atoms with van der Waals surface area (Å²) in [5, 5.41) is 4.16. The van der Waals surface area contributed by atoms with Crippen molar-refractivity contribution in [3.8, 4) is 5.69 Å². The van der Waals surface area contributed by atoms with Gasteiger partial charge in [-0.15, -0.1) is 0 Å². The van der Waals surface area contributed by atoms with Crippen LogP contribution in [0.1, 0.15) is 28.6 Å². The SMILES string of the molecule is CO[C@@H](C(=O)N/N=C\c1c(Br)c(C)n(-c2ccccc2)c1C)c1ccccc1. The molecule has 2 aromatic carbocycles. The molecule has 0 aliphatic heterocycles. The second kappa shape index (κ2) is 8.99. The first kappa shape index (κ1) is 20.0. The number of halogens is 1. The molecule has 3 rings (SSSR count). The van der Waals surface area contributed by atoms with Gasteiger partial charge in [-0.05, 0) is 47.5 Å². The summed E-state index contributed by atoms with van der Waals surface area (Å²) in [6.07, 6.45) is 0.945. The van der Waals surface area contributed by atoms with Gasteiger partial charge in [0, 0.05) is 34.2 Å². The summed E-state index contributed by atoms with van der Waals surface area (Å²) in [6, 6.07) is 19.4. The van der Waals surface area contributed by atoms with Crippen molar-refractivity contribution in [1.29, 1.82) is 0 Å².